The molecule has 0 fully saturated rings. The Balaban J connectivity index is 2.13. The van der Waals surface area contributed by atoms with E-state index in [2.05, 4.69) is 33.4 Å². The van der Waals surface area contributed by atoms with Gasteiger partial charge in [-0.05, 0) is 34.5 Å². The van der Waals surface area contributed by atoms with Gasteiger partial charge in [0.1, 0.15) is 5.82 Å². The molecular weight excluding hydrogens is 355 g/mol. The van der Waals surface area contributed by atoms with Crippen LogP contribution in [-0.2, 0) is 6.54 Å². The highest BCUT2D eigenvalue weighted by molar-refractivity contribution is 9.10. The van der Waals surface area contributed by atoms with E-state index in [0.29, 0.717) is 10.6 Å². The van der Waals surface area contributed by atoms with E-state index in [4.69, 9.17) is 5.84 Å². The lowest BCUT2D eigenvalue weighted by Gasteiger charge is -2.18. The summed E-state index contributed by atoms with van der Waals surface area (Å²) in [4.78, 5) is 0.621. The molecule has 3 N–H and O–H groups in total. The zero-order chi connectivity index (χ0) is 15.2. The summed E-state index contributed by atoms with van der Waals surface area (Å²) in [6.45, 7) is 2.92. The van der Waals surface area contributed by atoms with Crippen molar-refractivity contribution in [3.8, 4) is 0 Å². The molecule has 0 bridgehead atoms. The number of aryl methyl sites for hydroxylation is 1. The lowest BCUT2D eigenvalue weighted by atomic mass is 10.2. The molecule has 2 aromatic rings. The van der Waals surface area contributed by atoms with Crippen LogP contribution < -0.4 is 11.3 Å². The first-order valence-electron chi connectivity index (χ1n) is 6.72. The van der Waals surface area contributed by atoms with E-state index in [1.807, 2.05) is 10.7 Å². The summed E-state index contributed by atoms with van der Waals surface area (Å²) in [5.74, 6) is 6.09. The number of benzene rings is 1. The number of hydrazine groups is 1. The van der Waals surface area contributed by atoms with Gasteiger partial charge in [0.15, 0.2) is 0 Å². The molecule has 0 aliphatic carbocycles. The van der Waals surface area contributed by atoms with Gasteiger partial charge < -0.3 is 0 Å². The highest BCUT2D eigenvalue weighted by atomic mass is 79.9. The van der Waals surface area contributed by atoms with Crippen LogP contribution in [0.3, 0.4) is 0 Å². The maximum Gasteiger partial charge on any atom is 0.136 e. The van der Waals surface area contributed by atoms with E-state index in [9.17, 15) is 4.39 Å². The van der Waals surface area contributed by atoms with Crippen LogP contribution in [0.25, 0.3) is 0 Å². The molecule has 2 rings (SSSR count). The van der Waals surface area contributed by atoms with Crippen molar-refractivity contribution >= 4 is 27.7 Å². The van der Waals surface area contributed by atoms with Crippen LogP contribution in [0.2, 0.25) is 0 Å². The van der Waals surface area contributed by atoms with Crippen LogP contribution in [-0.4, -0.2) is 15.5 Å². The second kappa shape index (κ2) is 7.93. The van der Waals surface area contributed by atoms with Crippen LogP contribution in [0.1, 0.15) is 25.1 Å². The van der Waals surface area contributed by atoms with E-state index in [-0.39, 0.29) is 11.9 Å². The Kier molecular flexibility index (Phi) is 6.22. The zero-order valence-corrected chi connectivity index (χ0v) is 14.1. The molecule has 0 radical (unpaired) electrons. The van der Waals surface area contributed by atoms with Crippen molar-refractivity contribution < 1.29 is 4.39 Å². The Bertz CT molecular complexity index is 590. The summed E-state index contributed by atoms with van der Waals surface area (Å²) in [7, 11) is 0. The number of hydrogen-bond acceptors (Lipinski definition) is 4. The summed E-state index contributed by atoms with van der Waals surface area (Å²) in [5, 5.41) is 4.34. The molecule has 1 unspecified atom stereocenters. The topological polar surface area (TPSA) is 55.9 Å². The summed E-state index contributed by atoms with van der Waals surface area (Å²) >= 11 is 4.94. The minimum absolute atomic E-state index is 0.113. The lowest BCUT2D eigenvalue weighted by molar-refractivity contribution is 0.507. The summed E-state index contributed by atoms with van der Waals surface area (Å²) in [6.07, 6.45) is 2.75. The second-order valence-corrected chi connectivity index (χ2v) is 6.48. The largest absolute Gasteiger partial charge is 0.271 e. The average molecular weight is 373 g/mol. The van der Waals surface area contributed by atoms with Crippen molar-refractivity contribution in [1.29, 1.82) is 0 Å². The van der Waals surface area contributed by atoms with Gasteiger partial charge in [-0.15, -0.1) is 11.8 Å². The van der Waals surface area contributed by atoms with Crippen molar-refractivity contribution in [3.63, 3.8) is 0 Å². The third-order valence-electron chi connectivity index (χ3n) is 3.04. The van der Waals surface area contributed by atoms with E-state index < -0.39 is 0 Å². The van der Waals surface area contributed by atoms with Gasteiger partial charge in [0.25, 0.3) is 0 Å². The predicted octanol–water partition coefficient (Wildman–Crippen LogP) is 3.49. The van der Waals surface area contributed by atoms with Crippen molar-refractivity contribution in [2.75, 3.05) is 5.75 Å². The smallest absolute Gasteiger partial charge is 0.136 e. The minimum atomic E-state index is -0.209. The maximum absolute atomic E-state index is 13.7. The number of rotatable bonds is 7. The molecule has 0 aliphatic heterocycles. The molecule has 1 aromatic carbocycles. The lowest BCUT2D eigenvalue weighted by Crippen LogP contribution is -2.32. The fraction of sp³-hybridized carbons (Fsp3) is 0.357. The van der Waals surface area contributed by atoms with E-state index >= 15 is 0 Å². The number of nitrogens with zero attached hydrogens (tertiary/aromatic N) is 2. The van der Waals surface area contributed by atoms with Crippen molar-refractivity contribution in [2.24, 2.45) is 5.84 Å². The first-order chi connectivity index (χ1) is 10.2. The fourth-order valence-corrected chi connectivity index (χ4v) is 3.60. The molecule has 0 spiro atoms. The molecule has 0 saturated carbocycles. The van der Waals surface area contributed by atoms with E-state index in [0.717, 1.165) is 23.1 Å². The Morgan fingerprint density at radius 3 is 2.90 bits per heavy atom. The number of hydrogen-bond donors (Lipinski definition) is 2. The molecule has 4 nitrogen and oxygen atoms in total. The Morgan fingerprint density at radius 2 is 2.24 bits per heavy atom. The van der Waals surface area contributed by atoms with Crippen molar-refractivity contribution in [1.82, 2.24) is 15.2 Å². The maximum atomic E-state index is 13.7. The monoisotopic (exact) mass is 372 g/mol. The Morgan fingerprint density at radius 1 is 1.48 bits per heavy atom. The van der Waals surface area contributed by atoms with E-state index in [1.54, 1.807) is 18.3 Å². The zero-order valence-electron chi connectivity index (χ0n) is 11.7. The van der Waals surface area contributed by atoms with E-state index in [1.165, 1.54) is 17.8 Å². The molecule has 0 aliphatic rings. The molecule has 1 atom stereocenters. The normalized spacial score (nSPS) is 12.6. The second-order valence-electron chi connectivity index (χ2n) is 4.56. The first kappa shape index (κ1) is 16.5. The third kappa shape index (κ3) is 4.06. The average Bonchev–Trinajstić information content (AvgIpc) is 2.84. The number of nitrogens with two attached hydrogens (primary N) is 1. The van der Waals surface area contributed by atoms with Gasteiger partial charge in [-0.1, -0.05) is 19.1 Å². The van der Waals surface area contributed by atoms with Crippen molar-refractivity contribution in [3.05, 3.63) is 46.4 Å². The fourth-order valence-electron chi connectivity index (χ4n) is 2.05. The minimum Gasteiger partial charge on any atom is -0.271 e. The number of halogens is 2. The number of nitrogens with one attached hydrogen (secondary N) is 1. The van der Waals surface area contributed by atoms with Crippen LogP contribution in [0, 0.1) is 5.82 Å². The molecule has 21 heavy (non-hydrogen) atoms. The van der Waals surface area contributed by atoms with Gasteiger partial charge in [-0.3, -0.25) is 16.0 Å². The molecule has 114 valence electrons. The van der Waals surface area contributed by atoms with Gasteiger partial charge in [0.05, 0.1) is 22.4 Å². The van der Waals surface area contributed by atoms with Crippen LogP contribution in [0.4, 0.5) is 4.39 Å². The molecule has 1 aromatic heterocycles. The highest BCUT2D eigenvalue weighted by Gasteiger charge is 2.19. The third-order valence-corrected chi connectivity index (χ3v) is 4.80. The van der Waals surface area contributed by atoms with Gasteiger partial charge in [0.2, 0.25) is 0 Å². The predicted molar refractivity (Wildman–Crippen MR) is 87.4 cm³/mol. The van der Waals surface area contributed by atoms with Gasteiger partial charge >= 0.3 is 0 Å². The molecular formula is C14H18BrFN4S. The number of thioether (sulfide) groups is 1. The SMILES string of the molecule is CCCn1ncc(Br)c1C(CSc1ccccc1F)NN. The number of aromatic nitrogens is 2. The van der Waals surface area contributed by atoms with Crippen molar-refractivity contribution in [2.45, 2.75) is 30.8 Å². The molecule has 7 heteroatoms. The first-order valence-corrected chi connectivity index (χ1v) is 8.49. The molecule has 0 saturated heterocycles. The van der Waals surface area contributed by atoms with Gasteiger partial charge in [-0.2, -0.15) is 5.10 Å². The Hall–Kier alpha value is -0.890. The Labute approximate surface area is 136 Å². The highest BCUT2D eigenvalue weighted by Crippen LogP contribution is 2.30. The van der Waals surface area contributed by atoms with Crippen LogP contribution >= 0.6 is 27.7 Å². The summed E-state index contributed by atoms with van der Waals surface area (Å²) in [5.41, 5.74) is 3.79. The quantitative estimate of drug-likeness (QED) is 0.443. The molecule has 1 heterocycles. The van der Waals surface area contributed by atoms with Crippen LogP contribution in [0.15, 0.2) is 39.8 Å². The van der Waals surface area contributed by atoms with Crippen LogP contribution in [0.5, 0.6) is 0 Å². The summed E-state index contributed by atoms with van der Waals surface area (Å²) in [6, 6.07) is 6.63. The summed E-state index contributed by atoms with van der Waals surface area (Å²) < 4.78 is 16.5. The van der Waals surface area contributed by atoms with Gasteiger partial charge in [-0.25, -0.2) is 4.39 Å². The standard InChI is InChI=1S/C14H18BrFN4S/c1-2-7-20-14(10(15)8-18-20)12(19-17)9-21-13-6-4-3-5-11(13)16/h3-6,8,12,19H,2,7,9,17H2,1H3. The van der Waals surface area contributed by atoms with Gasteiger partial charge in [0, 0.05) is 17.2 Å². The molecule has 0 amide bonds.